The van der Waals surface area contributed by atoms with Crippen LogP contribution in [0, 0.1) is 0 Å². The Bertz CT molecular complexity index is 3480. The van der Waals surface area contributed by atoms with Crippen LogP contribution in [-0.4, -0.2) is 4.57 Å². The minimum atomic E-state index is 0.865. The first-order valence-electron chi connectivity index (χ1n) is 19.5. The predicted molar refractivity (Wildman–Crippen MR) is 241 cm³/mol. The molecular formula is C54H34N2O. The van der Waals surface area contributed by atoms with Gasteiger partial charge in [-0.3, -0.25) is 0 Å². The summed E-state index contributed by atoms with van der Waals surface area (Å²) in [4.78, 5) is 2.39. The molecule has 12 rings (SSSR count). The molecule has 0 radical (unpaired) electrons. The molecule has 0 aliphatic heterocycles. The molecule has 0 unspecified atom stereocenters. The van der Waals surface area contributed by atoms with Gasteiger partial charge in [-0.15, -0.1) is 0 Å². The second kappa shape index (κ2) is 12.5. The van der Waals surface area contributed by atoms with Crippen LogP contribution < -0.4 is 4.90 Å². The van der Waals surface area contributed by atoms with E-state index in [9.17, 15) is 0 Å². The Kier molecular flexibility index (Phi) is 6.93. The van der Waals surface area contributed by atoms with Crippen LogP contribution in [0.3, 0.4) is 0 Å². The highest BCUT2D eigenvalue weighted by Gasteiger charge is 2.23. The van der Waals surface area contributed by atoms with Crippen LogP contribution in [-0.2, 0) is 0 Å². The minimum Gasteiger partial charge on any atom is -0.453 e. The minimum absolute atomic E-state index is 0.865. The van der Waals surface area contributed by atoms with Crippen molar-refractivity contribution in [2.75, 3.05) is 4.90 Å². The molecule has 0 N–H and O–H groups in total. The van der Waals surface area contributed by atoms with Crippen molar-refractivity contribution in [2.45, 2.75) is 0 Å². The first-order chi connectivity index (χ1) is 28.3. The summed E-state index contributed by atoms with van der Waals surface area (Å²) in [5.74, 6) is 0. The second-order valence-corrected chi connectivity index (χ2v) is 14.9. The number of nitrogens with zero attached hydrogens (tertiary/aromatic N) is 2. The lowest BCUT2D eigenvalue weighted by atomic mass is 9.98. The number of hydrogen-bond acceptors (Lipinski definition) is 2. The van der Waals surface area contributed by atoms with Gasteiger partial charge in [0.05, 0.1) is 22.4 Å². The first kappa shape index (κ1) is 31.7. The zero-order valence-corrected chi connectivity index (χ0v) is 30.9. The van der Waals surface area contributed by atoms with E-state index in [1.54, 1.807) is 0 Å². The molecule has 3 heteroatoms. The van der Waals surface area contributed by atoms with E-state index in [0.29, 0.717) is 0 Å². The van der Waals surface area contributed by atoms with E-state index in [4.69, 9.17) is 4.42 Å². The third-order valence-corrected chi connectivity index (χ3v) is 11.7. The Labute approximate surface area is 328 Å². The molecule has 0 aliphatic carbocycles. The highest BCUT2D eigenvalue weighted by Crippen LogP contribution is 2.47. The van der Waals surface area contributed by atoms with Gasteiger partial charge >= 0.3 is 0 Å². The Morgan fingerprint density at radius 1 is 0.333 bits per heavy atom. The fraction of sp³-hybridized carbons (Fsp3) is 0. The van der Waals surface area contributed by atoms with E-state index in [-0.39, 0.29) is 0 Å². The number of benzene rings is 10. The second-order valence-electron chi connectivity index (χ2n) is 14.9. The number of furan rings is 1. The molecule has 0 bridgehead atoms. The number of aromatic nitrogens is 1. The summed E-state index contributed by atoms with van der Waals surface area (Å²) < 4.78 is 9.36. The number of hydrogen-bond donors (Lipinski definition) is 0. The molecule has 3 nitrogen and oxygen atoms in total. The zero-order chi connectivity index (χ0) is 37.5. The fourth-order valence-corrected chi connectivity index (χ4v) is 9.14. The lowest BCUT2D eigenvalue weighted by Gasteiger charge is -2.28. The molecule has 0 saturated carbocycles. The average Bonchev–Trinajstić information content (AvgIpc) is 3.84. The summed E-state index contributed by atoms with van der Waals surface area (Å²) >= 11 is 0. The van der Waals surface area contributed by atoms with Crippen molar-refractivity contribution >= 4 is 93.1 Å². The van der Waals surface area contributed by atoms with E-state index in [0.717, 1.165) is 61.2 Å². The fourth-order valence-electron chi connectivity index (χ4n) is 9.14. The number of para-hydroxylation sites is 3. The Balaban J connectivity index is 1.06. The maximum atomic E-state index is 6.98. The van der Waals surface area contributed by atoms with Crippen LogP contribution in [0.15, 0.2) is 211 Å². The summed E-state index contributed by atoms with van der Waals surface area (Å²) in [6, 6.07) is 74.4. The van der Waals surface area contributed by atoms with E-state index in [1.807, 2.05) is 0 Å². The summed E-state index contributed by atoms with van der Waals surface area (Å²) in [5.41, 5.74) is 10.8. The van der Waals surface area contributed by atoms with Gasteiger partial charge in [-0.2, -0.15) is 0 Å². The van der Waals surface area contributed by atoms with E-state index < -0.39 is 0 Å². The molecule has 266 valence electrons. The maximum Gasteiger partial charge on any atom is 0.159 e. The Morgan fingerprint density at radius 3 is 1.70 bits per heavy atom. The molecule has 0 fully saturated rings. The quantitative estimate of drug-likeness (QED) is 0.165. The van der Waals surface area contributed by atoms with E-state index in [1.165, 1.54) is 48.7 Å². The molecule has 2 aromatic heterocycles. The van der Waals surface area contributed by atoms with Crippen LogP contribution in [0.1, 0.15) is 0 Å². The van der Waals surface area contributed by atoms with E-state index >= 15 is 0 Å². The summed E-state index contributed by atoms with van der Waals surface area (Å²) in [6.45, 7) is 0. The number of fused-ring (bicyclic) bond motifs is 11. The average molecular weight is 727 g/mol. The number of anilines is 3. The molecule has 0 amide bonds. The van der Waals surface area contributed by atoms with Crippen LogP contribution in [0.5, 0.6) is 0 Å². The zero-order valence-electron chi connectivity index (χ0n) is 30.9. The van der Waals surface area contributed by atoms with Gasteiger partial charge in [0.15, 0.2) is 5.58 Å². The van der Waals surface area contributed by atoms with Crippen LogP contribution >= 0.6 is 0 Å². The third-order valence-electron chi connectivity index (χ3n) is 11.7. The standard InChI is InChI=1S/C54H34N2O/c1-4-18-42-36(13-1)29-32-48-47-23-12-26-51(54(47)57-53(42)48)55(52-34-38-14-2-3-17-41(38)43-19-5-6-20-44(43)52)39-30-27-35(28-31-39)37-15-11-16-40(33-37)56-49-24-9-7-21-45(49)46-22-8-10-25-50(46)56/h1-34H. The SMILES string of the molecule is c1cc(-c2ccc(N(c3cc4ccccc4c4ccccc34)c3cccc4c3oc3c5ccccc5ccc43)cc2)cc(-n2c3ccccc3c3ccccc32)c1. The van der Waals surface area contributed by atoms with Gasteiger partial charge in [0.1, 0.15) is 5.58 Å². The van der Waals surface area contributed by atoms with Crippen molar-refractivity contribution in [1.82, 2.24) is 4.57 Å². The monoisotopic (exact) mass is 726 g/mol. The molecule has 2 heterocycles. The van der Waals surface area contributed by atoms with Gasteiger partial charge in [-0.25, -0.2) is 0 Å². The van der Waals surface area contributed by atoms with Crippen LogP contribution in [0.25, 0.3) is 92.9 Å². The van der Waals surface area contributed by atoms with Crippen molar-refractivity contribution in [3.8, 4) is 16.8 Å². The van der Waals surface area contributed by atoms with Gasteiger partial charge in [-0.1, -0.05) is 152 Å². The van der Waals surface area contributed by atoms with Crippen molar-refractivity contribution in [3.63, 3.8) is 0 Å². The van der Waals surface area contributed by atoms with Gasteiger partial charge in [0.25, 0.3) is 0 Å². The van der Waals surface area contributed by atoms with Gasteiger partial charge in [-0.05, 0) is 87.3 Å². The third kappa shape index (κ3) is 4.86. The molecule has 0 spiro atoms. The highest BCUT2D eigenvalue weighted by molar-refractivity contribution is 6.19. The normalized spacial score (nSPS) is 11.9. The smallest absolute Gasteiger partial charge is 0.159 e. The highest BCUT2D eigenvalue weighted by atomic mass is 16.3. The Morgan fingerprint density at radius 2 is 0.930 bits per heavy atom. The van der Waals surface area contributed by atoms with Crippen molar-refractivity contribution in [1.29, 1.82) is 0 Å². The molecule has 10 aromatic carbocycles. The van der Waals surface area contributed by atoms with Crippen LogP contribution in [0.4, 0.5) is 17.1 Å². The molecule has 0 aliphatic rings. The lowest BCUT2D eigenvalue weighted by molar-refractivity contribution is 0.673. The summed E-state index contributed by atoms with van der Waals surface area (Å²) in [5, 5.41) is 11.9. The van der Waals surface area contributed by atoms with Gasteiger partial charge in [0, 0.05) is 43.7 Å². The summed E-state index contributed by atoms with van der Waals surface area (Å²) in [7, 11) is 0. The molecule has 0 saturated heterocycles. The maximum absolute atomic E-state index is 6.98. The topological polar surface area (TPSA) is 21.3 Å². The van der Waals surface area contributed by atoms with Gasteiger partial charge < -0.3 is 13.9 Å². The first-order valence-corrected chi connectivity index (χ1v) is 19.5. The van der Waals surface area contributed by atoms with Crippen molar-refractivity contribution in [2.24, 2.45) is 0 Å². The molecular weight excluding hydrogens is 693 g/mol. The van der Waals surface area contributed by atoms with Gasteiger partial charge in [0.2, 0.25) is 0 Å². The van der Waals surface area contributed by atoms with Crippen molar-refractivity contribution in [3.05, 3.63) is 206 Å². The van der Waals surface area contributed by atoms with Crippen LogP contribution in [0.2, 0.25) is 0 Å². The molecule has 57 heavy (non-hydrogen) atoms. The molecule has 0 atom stereocenters. The van der Waals surface area contributed by atoms with E-state index in [2.05, 4.69) is 216 Å². The predicted octanol–water partition coefficient (Wildman–Crippen LogP) is 15.3. The van der Waals surface area contributed by atoms with Crippen molar-refractivity contribution < 1.29 is 4.42 Å². The molecule has 12 aromatic rings. The number of rotatable bonds is 5. The summed E-state index contributed by atoms with van der Waals surface area (Å²) in [6.07, 6.45) is 0. The largest absolute Gasteiger partial charge is 0.453 e. The lowest BCUT2D eigenvalue weighted by Crippen LogP contribution is -2.11. The Hall–Kier alpha value is -7.62.